The van der Waals surface area contributed by atoms with Gasteiger partial charge in [0.15, 0.2) is 11.6 Å². The predicted octanol–water partition coefficient (Wildman–Crippen LogP) is 1.97. The first-order valence-corrected chi connectivity index (χ1v) is 11.4. The first-order valence-electron chi connectivity index (χ1n) is 11.4. The highest BCUT2D eigenvalue weighted by Crippen LogP contribution is 2.21. The minimum atomic E-state index is -1.10. The van der Waals surface area contributed by atoms with E-state index in [0.29, 0.717) is 16.9 Å². The van der Waals surface area contributed by atoms with Gasteiger partial charge < -0.3 is 20.7 Å². The van der Waals surface area contributed by atoms with Gasteiger partial charge in [-0.1, -0.05) is 19.9 Å². The molecule has 0 radical (unpaired) electrons. The zero-order valence-corrected chi connectivity index (χ0v) is 20.9. The molecule has 198 valence electrons. The first kappa shape index (κ1) is 29.1. The van der Waals surface area contributed by atoms with Gasteiger partial charge in [-0.25, -0.2) is 8.78 Å². The quantitative estimate of drug-likeness (QED) is 0.369. The van der Waals surface area contributed by atoms with Crippen molar-refractivity contribution in [1.29, 1.82) is 0 Å². The molecule has 2 rings (SSSR count). The van der Waals surface area contributed by atoms with Crippen LogP contribution in [0.1, 0.15) is 47.1 Å². The largest absolute Gasteiger partial charge is 0.496 e. The van der Waals surface area contributed by atoms with Crippen molar-refractivity contribution in [2.75, 3.05) is 20.2 Å². The minimum Gasteiger partial charge on any atom is -0.496 e. The molecule has 3 N–H and O–H groups in total. The number of ketones is 2. The summed E-state index contributed by atoms with van der Waals surface area (Å²) in [5, 5.41) is 7.12. The maximum Gasteiger partial charge on any atom is 0.257 e. The Labute approximate surface area is 212 Å². The van der Waals surface area contributed by atoms with Gasteiger partial charge in [0.2, 0.25) is 11.8 Å². The topological polar surface area (TPSA) is 131 Å². The number of nitrogens with one attached hydrogen (secondary N) is 3. The summed E-state index contributed by atoms with van der Waals surface area (Å²) in [6.45, 7) is 3.75. The Kier molecular flexibility index (Phi) is 10.4. The monoisotopic (exact) mass is 517 g/mol. The molecule has 0 fully saturated rings. The average Bonchev–Trinajstić information content (AvgIpc) is 2.84. The number of hydrogen-bond donors (Lipinski definition) is 3. The number of amides is 3. The molecule has 2 aromatic rings. The lowest BCUT2D eigenvalue weighted by atomic mass is 10.0. The second-order valence-electron chi connectivity index (χ2n) is 8.58. The molecule has 1 atom stereocenters. The lowest BCUT2D eigenvalue weighted by Crippen LogP contribution is -2.51. The first-order chi connectivity index (χ1) is 17.4. The van der Waals surface area contributed by atoms with Crippen LogP contribution in [0.3, 0.4) is 0 Å². The molecular weight excluding hydrogens is 488 g/mol. The van der Waals surface area contributed by atoms with Crippen molar-refractivity contribution in [3.8, 4) is 5.75 Å². The van der Waals surface area contributed by atoms with Crippen LogP contribution in [-0.4, -0.2) is 55.5 Å². The number of Topliss-reactive ketones (excluding diaryl/α,β-unsaturated/α-hetero) is 2. The fourth-order valence-corrected chi connectivity index (χ4v) is 3.41. The van der Waals surface area contributed by atoms with Crippen LogP contribution in [0.25, 0.3) is 0 Å². The van der Waals surface area contributed by atoms with E-state index in [-0.39, 0.29) is 18.1 Å². The van der Waals surface area contributed by atoms with Crippen LogP contribution in [-0.2, 0) is 20.8 Å². The lowest BCUT2D eigenvalue weighted by Gasteiger charge is -2.22. The van der Waals surface area contributed by atoms with Gasteiger partial charge in [-0.2, -0.15) is 0 Å². The molecule has 0 saturated heterocycles. The number of benzene rings is 2. The Morgan fingerprint density at radius 3 is 2.14 bits per heavy atom. The van der Waals surface area contributed by atoms with Gasteiger partial charge in [-0.05, 0) is 43.2 Å². The zero-order valence-electron chi connectivity index (χ0n) is 20.9. The van der Waals surface area contributed by atoms with Gasteiger partial charge in [-0.15, -0.1) is 0 Å². The van der Waals surface area contributed by atoms with Crippen LogP contribution in [0.15, 0.2) is 36.4 Å². The maximum absolute atomic E-state index is 13.7. The summed E-state index contributed by atoms with van der Waals surface area (Å²) in [4.78, 5) is 61.1. The van der Waals surface area contributed by atoms with Gasteiger partial charge in [0, 0.05) is 11.1 Å². The van der Waals surface area contributed by atoms with Crippen molar-refractivity contribution in [3.05, 3.63) is 64.7 Å². The van der Waals surface area contributed by atoms with Crippen molar-refractivity contribution in [2.24, 2.45) is 5.92 Å². The Morgan fingerprint density at radius 1 is 0.946 bits per heavy atom. The Morgan fingerprint density at radius 2 is 1.57 bits per heavy atom. The van der Waals surface area contributed by atoms with Crippen LogP contribution >= 0.6 is 0 Å². The molecule has 0 aliphatic heterocycles. The highest BCUT2D eigenvalue weighted by molar-refractivity contribution is 5.98. The van der Waals surface area contributed by atoms with Crippen LogP contribution in [0.2, 0.25) is 0 Å². The van der Waals surface area contributed by atoms with Crippen LogP contribution in [0, 0.1) is 17.6 Å². The summed E-state index contributed by atoms with van der Waals surface area (Å²) in [6, 6.07) is 6.66. The predicted molar refractivity (Wildman–Crippen MR) is 130 cm³/mol. The summed E-state index contributed by atoms with van der Waals surface area (Å²) in [5.74, 6) is -5.11. The van der Waals surface area contributed by atoms with E-state index in [1.54, 1.807) is 32.0 Å². The van der Waals surface area contributed by atoms with E-state index in [4.69, 9.17) is 4.74 Å². The number of carbonyl (C=O) groups excluding carboxylic acids is 5. The van der Waals surface area contributed by atoms with Gasteiger partial charge >= 0.3 is 0 Å². The number of rotatable bonds is 12. The molecule has 0 heterocycles. The van der Waals surface area contributed by atoms with Gasteiger partial charge in [0.05, 0.1) is 26.6 Å². The van der Waals surface area contributed by atoms with Crippen LogP contribution < -0.4 is 20.7 Å². The number of carbonyl (C=O) groups is 5. The highest BCUT2D eigenvalue weighted by Gasteiger charge is 2.25. The number of methoxy groups -OCH3 is 1. The summed E-state index contributed by atoms with van der Waals surface area (Å²) in [6.07, 6.45) is -0.154. The fourth-order valence-electron chi connectivity index (χ4n) is 3.41. The lowest BCUT2D eigenvalue weighted by molar-refractivity contribution is -0.130. The van der Waals surface area contributed by atoms with Crippen LogP contribution in [0.5, 0.6) is 5.75 Å². The summed E-state index contributed by atoms with van der Waals surface area (Å²) in [5.41, 5.74) is 0.0605. The second-order valence-corrected chi connectivity index (χ2v) is 8.58. The second kappa shape index (κ2) is 13.2. The van der Waals surface area contributed by atoms with Crippen molar-refractivity contribution >= 4 is 29.3 Å². The molecular formula is C26H29F2N3O6. The van der Waals surface area contributed by atoms with E-state index >= 15 is 0 Å². The smallest absolute Gasteiger partial charge is 0.257 e. The van der Waals surface area contributed by atoms with Crippen LogP contribution in [0.4, 0.5) is 8.78 Å². The third kappa shape index (κ3) is 8.19. The molecule has 11 heteroatoms. The molecule has 37 heavy (non-hydrogen) atoms. The molecule has 3 amide bonds. The minimum absolute atomic E-state index is 0.154. The number of halogens is 2. The Hall–Kier alpha value is -4.15. The van der Waals surface area contributed by atoms with Gasteiger partial charge in [-0.3, -0.25) is 24.0 Å². The molecule has 2 aromatic carbocycles. The SMILES string of the molecule is COc1ccc(C(C)=O)cc1CC(=O)NC(C(=O)NCC(=O)CNC(=O)c1c(F)cccc1F)C(C)C. The maximum atomic E-state index is 13.7. The van der Waals surface area contributed by atoms with E-state index < -0.39 is 59.8 Å². The summed E-state index contributed by atoms with van der Waals surface area (Å²) in [7, 11) is 1.43. The third-order valence-corrected chi connectivity index (χ3v) is 5.40. The van der Waals surface area contributed by atoms with Crippen molar-refractivity contribution < 1.29 is 37.5 Å². The van der Waals surface area contributed by atoms with Crippen molar-refractivity contribution in [3.63, 3.8) is 0 Å². The number of hydrogen-bond acceptors (Lipinski definition) is 6. The van der Waals surface area contributed by atoms with E-state index in [0.717, 1.165) is 18.2 Å². The van der Waals surface area contributed by atoms with E-state index in [9.17, 15) is 32.8 Å². The molecule has 9 nitrogen and oxygen atoms in total. The Balaban J connectivity index is 1.94. The van der Waals surface area contributed by atoms with E-state index in [1.165, 1.54) is 14.0 Å². The zero-order chi connectivity index (χ0) is 27.7. The molecule has 0 aromatic heterocycles. The van der Waals surface area contributed by atoms with Crippen molar-refractivity contribution in [1.82, 2.24) is 16.0 Å². The highest BCUT2D eigenvalue weighted by atomic mass is 19.1. The normalized spacial score (nSPS) is 11.4. The van der Waals surface area contributed by atoms with Gasteiger partial charge in [0.1, 0.15) is 29.0 Å². The van der Waals surface area contributed by atoms with Crippen molar-refractivity contribution in [2.45, 2.75) is 33.2 Å². The third-order valence-electron chi connectivity index (χ3n) is 5.40. The molecule has 1 unspecified atom stereocenters. The summed E-state index contributed by atoms with van der Waals surface area (Å²) < 4.78 is 32.6. The van der Waals surface area contributed by atoms with E-state index in [1.807, 2.05) is 0 Å². The summed E-state index contributed by atoms with van der Waals surface area (Å²) >= 11 is 0. The molecule has 0 saturated carbocycles. The standard InChI is InChI=1S/C26H29F2N3O6/c1-14(2)24(31-22(34)11-17-10-16(15(3)32)8-9-21(17)37-4)26(36)30-13-18(33)12-29-25(35)23-19(27)6-5-7-20(23)28/h5-10,14,24H,11-13H2,1-4H3,(H,29,35)(H,30,36)(H,31,34). The average molecular weight is 518 g/mol. The van der Waals surface area contributed by atoms with Gasteiger partial charge in [0.25, 0.3) is 5.91 Å². The molecule has 0 aliphatic carbocycles. The molecule has 0 bridgehead atoms. The molecule has 0 aliphatic rings. The number of ether oxygens (including phenoxy) is 1. The van der Waals surface area contributed by atoms with E-state index in [2.05, 4.69) is 16.0 Å². The Bertz CT molecular complexity index is 1180. The molecule has 0 spiro atoms. The fraction of sp³-hybridized carbons (Fsp3) is 0.346.